The fraction of sp³-hybridized carbons (Fsp3) is 0.562. The minimum atomic E-state index is 0.0636. The topological polar surface area (TPSA) is 41.1 Å². The summed E-state index contributed by atoms with van der Waals surface area (Å²) in [5.74, 6) is 0.0636. The molecule has 0 bridgehead atoms. The van der Waals surface area contributed by atoms with Gasteiger partial charge in [0, 0.05) is 18.2 Å². The number of hydrogen-bond acceptors (Lipinski definition) is 2. The molecule has 0 spiro atoms. The van der Waals surface area contributed by atoms with Crippen molar-refractivity contribution < 1.29 is 4.79 Å². The quantitative estimate of drug-likeness (QED) is 0.854. The summed E-state index contributed by atoms with van der Waals surface area (Å²) in [6, 6.07) is 6.39. The Kier molecular flexibility index (Phi) is 4.97. The minimum Gasteiger partial charge on any atom is -0.349 e. The molecule has 19 heavy (non-hydrogen) atoms. The first-order valence-electron chi connectivity index (χ1n) is 7.38. The lowest BCUT2D eigenvalue weighted by molar-refractivity contribution is 0.0933. The maximum atomic E-state index is 12.2. The molecule has 1 aromatic rings. The van der Waals surface area contributed by atoms with Crippen LogP contribution in [0.4, 0.5) is 0 Å². The number of hydrogen-bond donors (Lipinski definition) is 2. The maximum Gasteiger partial charge on any atom is 0.251 e. The van der Waals surface area contributed by atoms with Crippen molar-refractivity contribution in [3.63, 3.8) is 0 Å². The SMILES string of the molecule is CCCC(CC)NC(=O)c1ccc2c(c1)CNCC2. The molecule has 0 radical (unpaired) electrons. The van der Waals surface area contributed by atoms with Crippen LogP contribution in [0.3, 0.4) is 0 Å². The van der Waals surface area contributed by atoms with Gasteiger partial charge in [-0.1, -0.05) is 26.3 Å². The third-order valence-electron chi connectivity index (χ3n) is 3.82. The Morgan fingerprint density at radius 1 is 1.37 bits per heavy atom. The Morgan fingerprint density at radius 3 is 2.95 bits per heavy atom. The molecule has 104 valence electrons. The first-order valence-corrected chi connectivity index (χ1v) is 7.38. The van der Waals surface area contributed by atoms with E-state index in [1.54, 1.807) is 0 Å². The molecule has 0 aliphatic carbocycles. The van der Waals surface area contributed by atoms with Crippen LogP contribution in [-0.2, 0) is 13.0 Å². The average molecular weight is 260 g/mol. The first kappa shape index (κ1) is 14.1. The van der Waals surface area contributed by atoms with Crippen molar-refractivity contribution in [2.45, 2.75) is 52.1 Å². The molecule has 1 aliphatic heterocycles. The van der Waals surface area contributed by atoms with Crippen molar-refractivity contribution in [3.05, 3.63) is 34.9 Å². The van der Waals surface area contributed by atoms with Crippen molar-refractivity contribution in [2.75, 3.05) is 6.54 Å². The standard InChI is InChI=1S/C16H24N2O/c1-3-5-15(4-2)18-16(19)13-7-6-12-8-9-17-11-14(12)10-13/h6-7,10,15,17H,3-5,8-9,11H2,1-2H3,(H,18,19). The predicted octanol–water partition coefficient (Wildman–Crippen LogP) is 2.64. The van der Waals surface area contributed by atoms with Crippen LogP contribution in [0.1, 0.15) is 54.6 Å². The molecule has 3 nitrogen and oxygen atoms in total. The number of carbonyl (C=O) groups excluding carboxylic acids is 1. The Balaban J connectivity index is 2.06. The third-order valence-corrected chi connectivity index (χ3v) is 3.82. The lowest BCUT2D eigenvalue weighted by Gasteiger charge is -2.19. The van der Waals surface area contributed by atoms with Gasteiger partial charge in [-0.15, -0.1) is 0 Å². The highest BCUT2D eigenvalue weighted by Crippen LogP contribution is 2.16. The van der Waals surface area contributed by atoms with Crippen LogP contribution in [0, 0.1) is 0 Å². The molecule has 1 heterocycles. The van der Waals surface area contributed by atoms with E-state index < -0.39 is 0 Å². The zero-order valence-corrected chi connectivity index (χ0v) is 12.0. The van der Waals surface area contributed by atoms with Crippen molar-refractivity contribution >= 4 is 5.91 Å². The Bertz CT molecular complexity index is 442. The highest BCUT2D eigenvalue weighted by atomic mass is 16.1. The minimum absolute atomic E-state index is 0.0636. The summed E-state index contributed by atoms with van der Waals surface area (Å²) < 4.78 is 0. The molecule has 1 aliphatic rings. The van der Waals surface area contributed by atoms with Crippen LogP contribution in [0.15, 0.2) is 18.2 Å². The van der Waals surface area contributed by atoms with Crippen molar-refractivity contribution in [3.8, 4) is 0 Å². The number of fused-ring (bicyclic) bond motifs is 1. The van der Waals surface area contributed by atoms with Gasteiger partial charge in [0.15, 0.2) is 0 Å². The lowest BCUT2D eigenvalue weighted by Crippen LogP contribution is -2.34. The van der Waals surface area contributed by atoms with Crippen LogP contribution in [0.5, 0.6) is 0 Å². The fourth-order valence-corrected chi connectivity index (χ4v) is 2.62. The normalized spacial score (nSPS) is 15.7. The first-order chi connectivity index (χ1) is 9.24. The molecule has 1 unspecified atom stereocenters. The summed E-state index contributed by atoms with van der Waals surface area (Å²) in [6.07, 6.45) is 4.21. The molecule has 1 atom stereocenters. The molecule has 1 amide bonds. The second-order valence-electron chi connectivity index (χ2n) is 5.28. The highest BCUT2D eigenvalue weighted by Gasteiger charge is 2.14. The molecular formula is C16H24N2O. The van der Waals surface area contributed by atoms with E-state index in [1.807, 2.05) is 12.1 Å². The molecular weight excluding hydrogens is 236 g/mol. The van der Waals surface area contributed by atoms with E-state index >= 15 is 0 Å². The molecule has 2 N–H and O–H groups in total. The summed E-state index contributed by atoms with van der Waals surface area (Å²) in [5.41, 5.74) is 3.43. The van der Waals surface area contributed by atoms with E-state index in [0.29, 0.717) is 6.04 Å². The highest BCUT2D eigenvalue weighted by molar-refractivity contribution is 5.94. The van der Waals surface area contributed by atoms with Gasteiger partial charge in [-0.05, 0) is 49.1 Å². The number of nitrogens with one attached hydrogen (secondary N) is 2. The second-order valence-corrected chi connectivity index (χ2v) is 5.28. The predicted molar refractivity (Wildman–Crippen MR) is 78.3 cm³/mol. The largest absolute Gasteiger partial charge is 0.349 e. The summed E-state index contributed by atoms with van der Waals surface area (Å²) >= 11 is 0. The Hall–Kier alpha value is -1.35. The van der Waals surface area contributed by atoms with Crippen LogP contribution in [-0.4, -0.2) is 18.5 Å². The monoisotopic (exact) mass is 260 g/mol. The van der Waals surface area contributed by atoms with Crippen molar-refractivity contribution in [1.29, 1.82) is 0 Å². The van der Waals surface area contributed by atoms with Crippen molar-refractivity contribution in [2.24, 2.45) is 0 Å². The van der Waals surface area contributed by atoms with Gasteiger partial charge in [0.1, 0.15) is 0 Å². The molecule has 3 heteroatoms. The van der Waals surface area contributed by atoms with Crippen molar-refractivity contribution in [1.82, 2.24) is 10.6 Å². The molecule has 2 rings (SSSR count). The third kappa shape index (κ3) is 3.57. The molecule has 1 aromatic carbocycles. The summed E-state index contributed by atoms with van der Waals surface area (Å²) in [6.45, 7) is 6.19. The van der Waals surface area contributed by atoms with Gasteiger partial charge in [-0.2, -0.15) is 0 Å². The van der Waals surface area contributed by atoms with E-state index in [0.717, 1.165) is 44.3 Å². The lowest BCUT2D eigenvalue weighted by atomic mass is 9.98. The number of benzene rings is 1. The zero-order chi connectivity index (χ0) is 13.7. The van der Waals surface area contributed by atoms with E-state index in [2.05, 4.69) is 30.5 Å². The molecule has 0 fully saturated rings. The van der Waals surface area contributed by atoms with Gasteiger partial charge in [0.25, 0.3) is 5.91 Å². The van der Waals surface area contributed by atoms with Gasteiger partial charge in [-0.3, -0.25) is 4.79 Å². The van der Waals surface area contributed by atoms with Crippen LogP contribution in [0.2, 0.25) is 0 Å². The second kappa shape index (κ2) is 6.71. The van der Waals surface area contributed by atoms with Crippen LogP contribution in [0.25, 0.3) is 0 Å². The molecule has 0 aromatic heterocycles. The van der Waals surface area contributed by atoms with Gasteiger partial charge >= 0.3 is 0 Å². The summed E-state index contributed by atoms with van der Waals surface area (Å²) in [7, 11) is 0. The number of carbonyl (C=O) groups is 1. The average Bonchev–Trinajstić information content (AvgIpc) is 2.46. The van der Waals surface area contributed by atoms with E-state index in [4.69, 9.17) is 0 Å². The molecule has 0 saturated heterocycles. The van der Waals surface area contributed by atoms with Crippen LogP contribution < -0.4 is 10.6 Å². The van der Waals surface area contributed by atoms with Gasteiger partial charge in [0.2, 0.25) is 0 Å². The van der Waals surface area contributed by atoms with Gasteiger partial charge in [0.05, 0.1) is 0 Å². The Morgan fingerprint density at radius 2 is 2.21 bits per heavy atom. The zero-order valence-electron chi connectivity index (χ0n) is 12.0. The smallest absolute Gasteiger partial charge is 0.251 e. The number of rotatable bonds is 5. The van der Waals surface area contributed by atoms with E-state index in [9.17, 15) is 4.79 Å². The van der Waals surface area contributed by atoms with E-state index in [-0.39, 0.29) is 5.91 Å². The van der Waals surface area contributed by atoms with Gasteiger partial charge < -0.3 is 10.6 Å². The van der Waals surface area contributed by atoms with Crippen LogP contribution >= 0.6 is 0 Å². The summed E-state index contributed by atoms with van der Waals surface area (Å²) in [4.78, 5) is 12.2. The van der Waals surface area contributed by atoms with Gasteiger partial charge in [-0.25, -0.2) is 0 Å². The maximum absolute atomic E-state index is 12.2. The molecule has 0 saturated carbocycles. The Labute approximate surface area is 115 Å². The van der Waals surface area contributed by atoms with E-state index in [1.165, 1.54) is 11.1 Å². The summed E-state index contributed by atoms with van der Waals surface area (Å²) in [5, 5.41) is 6.48. The number of amides is 1. The fourth-order valence-electron chi connectivity index (χ4n) is 2.62.